The first-order chi connectivity index (χ1) is 13.6. The van der Waals surface area contributed by atoms with Gasteiger partial charge in [0.05, 0.1) is 17.9 Å². The first-order valence-electron chi connectivity index (χ1n) is 9.80. The summed E-state index contributed by atoms with van der Waals surface area (Å²) in [4.78, 5) is 30.9. The smallest absolute Gasteiger partial charge is 0.339 e. The van der Waals surface area contributed by atoms with Crippen molar-refractivity contribution in [3.05, 3.63) is 64.5 Å². The lowest BCUT2D eigenvalue weighted by molar-refractivity contribution is 0.0524. The Kier molecular flexibility index (Phi) is 6.76. The molecule has 0 saturated carbocycles. The van der Waals surface area contributed by atoms with E-state index in [1.807, 2.05) is 12.1 Å². The van der Waals surface area contributed by atoms with Crippen molar-refractivity contribution >= 4 is 11.9 Å². The summed E-state index contributed by atoms with van der Waals surface area (Å²) in [6.07, 6.45) is 2.58. The van der Waals surface area contributed by atoms with E-state index < -0.39 is 5.97 Å². The van der Waals surface area contributed by atoms with Gasteiger partial charge in [-0.2, -0.15) is 0 Å². The van der Waals surface area contributed by atoms with Crippen molar-refractivity contribution in [3.8, 4) is 0 Å². The number of benzene rings is 1. The van der Waals surface area contributed by atoms with Crippen LogP contribution in [0.1, 0.15) is 57.4 Å². The first-order valence-corrected chi connectivity index (χ1v) is 9.80. The fourth-order valence-corrected chi connectivity index (χ4v) is 3.35. The zero-order chi connectivity index (χ0) is 19.9. The molecule has 1 aromatic heterocycles. The molecule has 0 aliphatic carbocycles. The number of hydrogen-bond donors (Lipinski definition) is 1. The van der Waals surface area contributed by atoms with Crippen molar-refractivity contribution in [2.45, 2.75) is 39.8 Å². The fourth-order valence-electron chi connectivity index (χ4n) is 3.35. The second-order valence-electron chi connectivity index (χ2n) is 7.03. The zero-order valence-corrected chi connectivity index (χ0v) is 16.5. The van der Waals surface area contributed by atoms with Gasteiger partial charge in [-0.05, 0) is 63.0 Å². The van der Waals surface area contributed by atoms with Crippen molar-refractivity contribution in [1.82, 2.24) is 15.2 Å². The van der Waals surface area contributed by atoms with E-state index in [1.165, 1.54) is 31.5 Å². The maximum atomic E-state index is 12.4. The highest BCUT2D eigenvalue weighted by molar-refractivity contribution is 5.95. The molecule has 1 aliphatic heterocycles. The molecule has 6 heteroatoms. The Bertz CT molecular complexity index is 827. The van der Waals surface area contributed by atoms with E-state index in [1.54, 1.807) is 26.0 Å². The first kappa shape index (κ1) is 20.0. The van der Waals surface area contributed by atoms with Crippen LogP contribution in [0.25, 0.3) is 0 Å². The third-order valence-corrected chi connectivity index (χ3v) is 4.89. The molecule has 0 spiro atoms. The number of aromatic nitrogens is 1. The number of amides is 1. The maximum Gasteiger partial charge on any atom is 0.339 e. The summed E-state index contributed by atoms with van der Waals surface area (Å²) < 4.78 is 4.98. The lowest BCUT2D eigenvalue weighted by Crippen LogP contribution is -2.24. The Hall–Kier alpha value is -2.73. The standard InChI is InChI=1S/C22H27N3O3/c1-3-28-22(27)19-10-11-20(24-16(19)2)21(26)23-14-17-6-8-18(9-7-17)15-25-12-4-5-13-25/h6-11H,3-5,12-15H2,1-2H3,(H,23,26). The number of nitrogens with zero attached hydrogens (tertiary/aromatic N) is 2. The molecule has 2 aromatic rings. The largest absolute Gasteiger partial charge is 0.462 e. The van der Waals surface area contributed by atoms with Crippen molar-refractivity contribution in [2.24, 2.45) is 0 Å². The average Bonchev–Trinajstić information content (AvgIpc) is 3.20. The van der Waals surface area contributed by atoms with Crippen molar-refractivity contribution < 1.29 is 14.3 Å². The molecular formula is C22H27N3O3. The number of rotatable bonds is 7. The molecular weight excluding hydrogens is 354 g/mol. The van der Waals surface area contributed by atoms with E-state index in [0.717, 1.165) is 12.1 Å². The van der Waals surface area contributed by atoms with E-state index in [9.17, 15) is 9.59 Å². The minimum Gasteiger partial charge on any atom is -0.462 e. The van der Waals surface area contributed by atoms with Crippen LogP contribution in [0, 0.1) is 6.92 Å². The SMILES string of the molecule is CCOC(=O)c1ccc(C(=O)NCc2ccc(CN3CCCC3)cc2)nc1C. The van der Waals surface area contributed by atoms with Crippen molar-refractivity contribution in [3.63, 3.8) is 0 Å². The van der Waals surface area contributed by atoms with E-state index in [0.29, 0.717) is 24.4 Å². The molecule has 1 aromatic carbocycles. The Labute approximate surface area is 165 Å². The third kappa shape index (κ3) is 5.16. The molecule has 1 aliphatic rings. The van der Waals surface area contributed by atoms with Crippen LogP contribution in [0.5, 0.6) is 0 Å². The second-order valence-corrected chi connectivity index (χ2v) is 7.03. The molecule has 28 heavy (non-hydrogen) atoms. The zero-order valence-electron chi connectivity index (χ0n) is 16.5. The van der Waals surface area contributed by atoms with E-state index >= 15 is 0 Å². The van der Waals surface area contributed by atoms with Gasteiger partial charge in [0.25, 0.3) is 5.91 Å². The maximum absolute atomic E-state index is 12.4. The van der Waals surface area contributed by atoms with E-state index in [4.69, 9.17) is 4.74 Å². The summed E-state index contributed by atoms with van der Waals surface area (Å²) in [6.45, 7) is 7.53. The summed E-state index contributed by atoms with van der Waals surface area (Å²) in [5, 5.41) is 2.88. The number of aryl methyl sites for hydroxylation is 1. The minimum atomic E-state index is -0.423. The molecule has 3 rings (SSSR count). The predicted octanol–water partition coefficient (Wildman–Crippen LogP) is 3.09. The van der Waals surface area contributed by atoms with Crippen LogP contribution in [-0.4, -0.2) is 41.5 Å². The number of carbonyl (C=O) groups excluding carboxylic acids is 2. The molecule has 1 fully saturated rings. The van der Waals surface area contributed by atoms with Gasteiger partial charge in [-0.15, -0.1) is 0 Å². The highest BCUT2D eigenvalue weighted by Gasteiger charge is 2.15. The normalized spacial score (nSPS) is 14.1. The molecule has 148 valence electrons. The molecule has 1 saturated heterocycles. The summed E-state index contributed by atoms with van der Waals surface area (Å²) >= 11 is 0. The van der Waals surface area contributed by atoms with Gasteiger partial charge in [-0.1, -0.05) is 24.3 Å². The lowest BCUT2D eigenvalue weighted by Gasteiger charge is -2.14. The number of pyridine rings is 1. The van der Waals surface area contributed by atoms with Crippen LogP contribution in [0.3, 0.4) is 0 Å². The number of likely N-dealkylation sites (tertiary alicyclic amines) is 1. The van der Waals surface area contributed by atoms with Gasteiger partial charge in [-0.3, -0.25) is 9.69 Å². The number of ether oxygens (including phenoxy) is 1. The Balaban J connectivity index is 1.54. The lowest BCUT2D eigenvalue weighted by atomic mass is 10.1. The number of hydrogen-bond acceptors (Lipinski definition) is 5. The summed E-state index contributed by atoms with van der Waals surface area (Å²) in [5.74, 6) is -0.687. The van der Waals surface area contributed by atoms with Gasteiger partial charge in [0, 0.05) is 13.1 Å². The quantitative estimate of drug-likeness (QED) is 0.746. The molecule has 6 nitrogen and oxygen atoms in total. The molecule has 0 unspecified atom stereocenters. The van der Waals surface area contributed by atoms with Crippen molar-refractivity contribution in [1.29, 1.82) is 0 Å². The molecule has 0 radical (unpaired) electrons. The number of nitrogens with one attached hydrogen (secondary N) is 1. The van der Waals surface area contributed by atoms with Crippen LogP contribution >= 0.6 is 0 Å². The topological polar surface area (TPSA) is 71.5 Å². The molecule has 2 heterocycles. The fraction of sp³-hybridized carbons (Fsp3) is 0.409. The Morgan fingerprint density at radius 3 is 2.39 bits per heavy atom. The van der Waals surface area contributed by atoms with Gasteiger partial charge >= 0.3 is 5.97 Å². The average molecular weight is 381 g/mol. The summed E-state index contributed by atoms with van der Waals surface area (Å²) in [5.41, 5.74) is 3.49. The van der Waals surface area contributed by atoms with Gasteiger partial charge < -0.3 is 10.1 Å². The van der Waals surface area contributed by atoms with Gasteiger partial charge in [0.2, 0.25) is 0 Å². The summed E-state index contributed by atoms with van der Waals surface area (Å²) in [7, 11) is 0. The molecule has 1 amide bonds. The van der Waals surface area contributed by atoms with Crippen LogP contribution < -0.4 is 5.32 Å². The molecule has 0 bridgehead atoms. The van der Waals surface area contributed by atoms with Gasteiger partial charge in [0.15, 0.2) is 0 Å². The monoisotopic (exact) mass is 381 g/mol. The van der Waals surface area contributed by atoms with Crippen molar-refractivity contribution in [2.75, 3.05) is 19.7 Å². The van der Waals surface area contributed by atoms with E-state index in [2.05, 4.69) is 27.3 Å². The van der Waals surface area contributed by atoms with Crippen LogP contribution in [0.15, 0.2) is 36.4 Å². The van der Waals surface area contributed by atoms with Crippen LogP contribution in [0.4, 0.5) is 0 Å². The Morgan fingerprint density at radius 1 is 1.07 bits per heavy atom. The van der Waals surface area contributed by atoms with E-state index in [-0.39, 0.29) is 11.6 Å². The van der Waals surface area contributed by atoms with Gasteiger partial charge in [0.1, 0.15) is 5.69 Å². The third-order valence-electron chi connectivity index (χ3n) is 4.89. The number of carbonyl (C=O) groups is 2. The predicted molar refractivity (Wildman–Crippen MR) is 107 cm³/mol. The number of esters is 1. The van der Waals surface area contributed by atoms with Gasteiger partial charge in [-0.25, -0.2) is 9.78 Å². The summed E-state index contributed by atoms with van der Waals surface area (Å²) in [6, 6.07) is 11.5. The Morgan fingerprint density at radius 2 is 1.75 bits per heavy atom. The van der Waals surface area contributed by atoms with Crippen LogP contribution in [0.2, 0.25) is 0 Å². The highest BCUT2D eigenvalue weighted by Crippen LogP contribution is 2.14. The second kappa shape index (κ2) is 9.46. The molecule has 1 N–H and O–H groups in total. The minimum absolute atomic E-state index is 0.264. The highest BCUT2D eigenvalue weighted by atomic mass is 16.5. The van der Waals surface area contributed by atoms with Crippen LogP contribution in [-0.2, 0) is 17.8 Å². The molecule has 0 atom stereocenters.